The molecule has 0 saturated carbocycles. The standard InChI is InChI=1S/C30H32FN3O2/c1-4-7-11-27-33-29(35)25(30(36)34(27)28-21(5-2)9-8-10-22(28)6-3)18-20-12-14-23(15-13-20)24-16-17-26(31)32-19-24/h8-10,12-17,19,36H,4-7,11,18H2,1-3H3. The van der Waals surface area contributed by atoms with Gasteiger partial charge in [0.15, 0.2) is 0 Å². The zero-order valence-corrected chi connectivity index (χ0v) is 21.1. The molecule has 0 aliphatic heterocycles. The number of hydrogen-bond donors (Lipinski definition) is 1. The van der Waals surface area contributed by atoms with Crippen LogP contribution in [0.25, 0.3) is 16.8 Å². The Morgan fingerprint density at radius 1 is 0.917 bits per heavy atom. The Labute approximate surface area is 211 Å². The van der Waals surface area contributed by atoms with Crippen molar-refractivity contribution in [3.8, 4) is 22.7 Å². The van der Waals surface area contributed by atoms with E-state index in [1.807, 2.05) is 34.9 Å². The second-order valence-electron chi connectivity index (χ2n) is 8.95. The number of nitrogens with zero attached hydrogens (tertiary/aromatic N) is 3. The molecule has 6 heteroatoms. The predicted molar refractivity (Wildman–Crippen MR) is 141 cm³/mol. The van der Waals surface area contributed by atoms with Crippen molar-refractivity contribution in [2.45, 2.75) is 59.3 Å². The molecule has 0 saturated heterocycles. The Kier molecular flexibility index (Phi) is 7.93. The number of aromatic nitrogens is 3. The van der Waals surface area contributed by atoms with Crippen LogP contribution in [-0.4, -0.2) is 19.6 Å². The van der Waals surface area contributed by atoms with Gasteiger partial charge in [-0.15, -0.1) is 0 Å². The number of benzene rings is 2. The van der Waals surface area contributed by atoms with Gasteiger partial charge in [0.05, 0.1) is 11.3 Å². The number of aryl methyl sites for hydroxylation is 3. The number of para-hydroxylation sites is 1. The first-order valence-corrected chi connectivity index (χ1v) is 12.6. The van der Waals surface area contributed by atoms with E-state index in [4.69, 9.17) is 0 Å². The summed E-state index contributed by atoms with van der Waals surface area (Å²) in [5.41, 5.74) is 5.60. The summed E-state index contributed by atoms with van der Waals surface area (Å²) in [5.74, 6) is 0.0363. The van der Waals surface area contributed by atoms with E-state index in [0.29, 0.717) is 12.2 Å². The SMILES string of the molecule is CCCCc1nc(=O)c(Cc2ccc(-c3ccc(F)nc3)cc2)c(O)n1-c1c(CC)cccc1CC. The second-order valence-corrected chi connectivity index (χ2v) is 8.95. The number of rotatable bonds is 9. The van der Waals surface area contributed by atoms with Crippen molar-refractivity contribution in [3.63, 3.8) is 0 Å². The van der Waals surface area contributed by atoms with E-state index >= 15 is 0 Å². The molecule has 0 fully saturated rings. The quantitative estimate of drug-likeness (QED) is 0.287. The number of hydrogen-bond acceptors (Lipinski definition) is 4. The van der Waals surface area contributed by atoms with Gasteiger partial charge in [-0.3, -0.25) is 9.36 Å². The highest BCUT2D eigenvalue weighted by Gasteiger charge is 2.21. The van der Waals surface area contributed by atoms with Gasteiger partial charge in [0, 0.05) is 24.6 Å². The Hall–Kier alpha value is -3.80. The van der Waals surface area contributed by atoms with Gasteiger partial charge < -0.3 is 5.11 Å². The molecule has 4 rings (SSSR count). The highest BCUT2D eigenvalue weighted by atomic mass is 19.1. The van der Waals surface area contributed by atoms with Crippen molar-refractivity contribution in [2.24, 2.45) is 0 Å². The summed E-state index contributed by atoms with van der Waals surface area (Å²) in [6.45, 7) is 6.28. The van der Waals surface area contributed by atoms with Gasteiger partial charge in [-0.2, -0.15) is 9.37 Å². The van der Waals surface area contributed by atoms with E-state index < -0.39 is 11.5 Å². The summed E-state index contributed by atoms with van der Waals surface area (Å²) < 4.78 is 15.0. The second kappa shape index (κ2) is 11.3. The summed E-state index contributed by atoms with van der Waals surface area (Å²) in [6, 6.07) is 16.8. The molecule has 36 heavy (non-hydrogen) atoms. The average Bonchev–Trinajstić information content (AvgIpc) is 2.90. The molecule has 2 aromatic carbocycles. The predicted octanol–water partition coefficient (Wildman–Crippen LogP) is 6.20. The lowest BCUT2D eigenvalue weighted by Crippen LogP contribution is -2.23. The molecule has 4 aromatic rings. The Morgan fingerprint density at radius 3 is 2.17 bits per heavy atom. The third-order valence-corrected chi connectivity index (χ3v) is 6.57. The summed E-state index contributed by atoms with van der Waals surface area (Å²) in [6.07, 6.45) is 5.80. The zero-order valence-electron chi connectivity index (χ0n) is 21.1. The molecule has 186 valence electrons. The highest BCUT2D eigenvalue weighted by Crippen LogP contribution is 2.30. The van der Waals surface area contributed by atoms with E-state index in [1.54, 1.807) is 6.07 Å². The molecule has 0 radical (unpaired) electrons. The summed E-state index contributed by atoms with van der Waals surface area (Å²) in [7, 11) is 0. The van der Waals surface area contributed by atoms with E-state index in [9.17, 15) is 14.3 Å². The number of aromatic hydroxyl groups is 1. The van der Waals surface area contributed by atoms with Gasteiger partial charge in [-0.05, 0) is 53.6 Å². The normalized spacial score (nSPS) is 11.1. The minimum absolute atomic E-state index is 0.0384. The van der Waals surface area contributed by atoms with Crippen LogP contribution in [0.4, 0.5) is 4.39 Å². The number of halogens is 1. The summed E-state index contributed by atoms with van der Waals surface area (Å²) in [5, 5.41) is 11.5. The van der Waals surface area contributed by atoms with Gasteiger partial charge in [0.25, 0.3) is 5.56 Å². The van der Waals surface area contributed by atoms with Crippen molar-refractivity contribution >= 4 is 0 Å². The average molecular weight is 486 g/mol. The maximum absolute atomic E-state index is 13.2. The van der Waals surface area contributed by atoms with E-state index in [1.165, 1.54) is 12.3 Å². The molecular formula is C30H32FN3O2. The Bertz CT molecular complexity index is 1370. The molecule has 5 nitrogen and oxygen atoms in total. The first-order valence-electron chi connectivity index (χ1n) is 12.6. The molecule has 0 spiro atoms. The molecule has 0 atom stereocenters. The fourth-order valence-corrected chi connectivity index (χ4v) is 4.55. The zero-order chi connectivity index (χ0) is 25.7. The van der Waals surface area contributed by atoms with Crippen LogP contribution < -0.4 is 5.56 Å². The minimum Gasteiger partial charge on any atom is -0.494 e. The molecule has 2 heterocycles. The summed E-state index contributed by atoms with van der Waals surface area (Å²) in [4.78, 5) is 21.3. The van der Waals surface area contributed by atoms with Gasteiger partial charge in [0.2, 0.25) is 11.8 Å². The van der Waals surface area contributed by atoms with E-state index in [-0.39, 0.29) is 17.9 Å². The summed E-state index contributed by atoms with van der Waals surface area (Å²) >= 11 is 0. The van der Waals surface area contributed by atoms with Crippen molar-refractivity contribution in [3.05, 3.63) is 105 Å². The van der Waals surface area contributed by atoms with Gasteiger partial charge in [-0.1, -0.05) is 69.7 Å². The van der Waals surface area contributed by atoms with E-state index in [2.05, 4.69) is 42.9 Å². The maximum atomic E-state index is 13.2. The van der Waals surface area contributed by atoms with Crippen molar-refractivity contribution in [1.29, 1.82) is 0 Å². The lowest BCUT2D eigenvalue weighted by molar-refractivity contribution is 0.421. The first-order chi connectivity index (χ1) is 17.5. The van der Waals surface area contributed by atoms with Gasteiger partial charge >= 0.3 is 0 Å². The van der Waals surface area contributed by atoms with Crippen LogP contribution in [0.15, 0.2) is 65.6 Å². The minimum atomic E-state index is -0.520. The molecule has 0 bridgehead atoms. The molecular weight excluding hydrogens is 453 g/mol. The Morgan fingerprint density at radius 2 is 1.58 bits per heavy atom. The third kappa shape index (κ3) is 5.23. The van der Waals surface area contributed by atoms with Gasteiger partial charge in [-0.25, -0.2) is 4.98 Å². The molecule has 0 aliphatic rings. The largest absolute Gasteiger partial charge is 0.494 e. The van der Waals surface area contributed by atoms with Crippen LogP contribution in [0.1, 0.15) is 61.7 Å². The highest BCUT2D eigenvalue weighted by molar-refractivity contribution is 5.62. The van der Waals surface area contributed by atoms with Crippen LogP contribution >= 0.6 is 0 Å². The Balaban J connectivity index is 1.79. The molecule has 0 amide bonds. The van der Waals surface area contributed by atoms with E-state index in [0.717, 1.165) is 59.2 Å². The van der Waals surface area contributed by atoms with Crippen LogP contribution in [0, 0.1) is 5.95 Å². The van der Waals surface area contributed by atoms with Crippen LogP contribution in [0.2, 0.25) is 0 Å². The van der Waals surface area contributed by atoms with Gasteiger partial charge in [0.1, 0.15) is 5.82 Å². The maximum Gasteiger partial charge on any atom is 0.280 e. The van der Waals surface area contributed by atoms with Crippen LogP contribution in [0.5, 0.6) is 5.88 Å². The lowest BCUT2D eigenvalue weighted by Gasteiger charge is -2.22. The number of unbranched alkanes of at least 4 members (excludes halogenated alkanes) is 1. The molecule has 1 N–H and O–H groups in total. The topological polar surface area (TPSA) is 68.0 Å². The molecule has 0 aliphatic carbocycles. The van der Waals surface area contributed by atoms with Crippen molar-refractivity contribution < 1.29 is 9.50 Å². The molecule has 0 unspecified atom stereocenters. The fraction of sp³-hybridized carbons (Fsp3) is 0.300. The molecule has 2 aromatic heterocycles. The number of pyridine rings is 1. The van der Waals surface area contributed by atoms with Crippen molar-refractivity contribution in [2.75, 3.05) is 0 Å². The van der Waals surface area contributed by atoms with Crippen molar-refractivity contribution in [1.82, 2.24) is 14.5 Å². The smallest absolute Gasteiger partial charge is 0.280 e. The third-order valence-electron chi connectivity index (χ3n) is 6.57. The first kappa shape index (κ1) is 25.3. The van der Waals surface area contributed by atoms with Crippen LogP contribution in [0.3, 0.4) is 0 Å². The fourth-order valence-electron chi connectivity index (χ4n) is 4.55. The lowest BCUT2D eigenvalue weighted by atomic mass is 10.0. The van der Waals surface area contributed by atoms with Crippen LogP contribution in [-0.2, 0) is 25.7 Å². The monoisotopic (exact) mass is 485 g/mol.